The molecule has 1 heterocycles. The number of nitrogens with zero attached hydrogens (tertiary/aromatic N) is 2. The van der Waals surface area contributed by atoms with Crippen molar-refractivity contribution in [2.75, 3.05) is 12.4 Å². The number of halogens is 2. The van der Waals surface area contributed by atoms with Crippen LogP contribution in [0.3, 0.4) is 0 Å². The number of aryl methyl sites for hydroxylation is 2. The molecule has 0 aliphatic heterocycles. The van der Waals surface area contributed by atoms with E-state index in [2.05, 4.69) is 10.4 Å². The van der Waals surface area contributed by atoms with Crippen molar-refractivity contribution in [3.63, 3.8) is 0 Å². The monoisotopic (exact) mass is 341 g/mol. The van der Waals surface area contributed by atoms with Gasteiger partial charge in [-0.2, -0.15) is 5.10 Å². The van der Waals surface area contributed by atoms with E-state index in [1.165, 1.54) is 30.0 Å². The molecule has 0 saturated heterocycles. The van der Waals surface area contributed by atoms with E-state index in [-0.39, 0.29) is 10.7 Å². The number of aromatic nitrogens is 2. The molecule has 0 radical (unpaired) electrons. The third kappa shape index (κ3) is 3.08. The molecule has 2 aromatic rings. The van der Waals surface area contributed by atoms with Gasteiger partial charge in [0.25, 0.3) is 5.91 Å². The summed E-state index contributed by atoms with van der Waals surface area (Å²) in [5.74, 6) is -1.02. The lowest BCUT2D eigenvalue weighted by Gasteiger charge is -2.08. The van der Waals surface area contributed by atoms with E-state index in [1.807, 2.05) is 0 Å². The minimum absolute atomic E-state index is 0.161. The number of benzene rings is 1. The third-order valence-corrected chi connectivity index (χ3v) is 3.76. The quantitative estimate of drug-likeness (QED) is 0.870. The van der Waals surface area contributed by atoms with Gasteiger partial charge in [0.15, 0.2) is 5.69 Å². The largest absolute Gasteiger partial charge is 0.464 e. The molecule has 1 amide bonds. The molecule has 0 aliphatic carbocycles. The standard InChI is InChI=1S/C14H13Cl2N3O3/c1-7-11(12(14(21)22-3)19(2)18-7)17-13(20)8-4-5-9(15)10(16)6-8/h4-6H,1-3H3,(H,17,20). The Morgan fingerprint density at radius 2 is 1.95 bits per heavy atom. The average Bonchev–Trinajstić information content (AvgIpc) is 2.75. The predicted molar refractivity (Wildman–Crippen MR) is 83.7 cm³/mol. The Labute approximate surface area is 137 Å². The summed E-state index contributed by atoms with van der Waals surface area (Å²) in [5.41, 5.74) is 1.27. The first-order chi connectivity index (χ1) is 10.3. The van der Waals surface area contributed by atoms with Crippen molar-refractivity contribution in [3.8, 4) is 0 Å². The fourth-order valence-electron chi connectivity index (χ4n) is 1.96. The lowest BCUT2D eigenvalue weighted by atomic mass is 10.2. The minimum atomic E-state index is -0.590. The Kier molecular flexibility index (Phi) is 4.73. The fraction of sp³-hybridized carbons (Fsp3) is 0.214. The van der Waals surface area contributed by atoms with Gasteiger partial charge in [0.05, 0.1) is 28.5 Å². The molecule has 0 aliphatic rings. The van der Waals surface area contributed by atoms with E-state index in [1.54, 1.807) is 14.0 Å². The summed E-state index contributed by atoms with van der Waals surface area (Å²) in [5, 5.41) is 7.39. The SMILES string of the molecule is COC(=O)c1c(NC(=O)c2ccc(Cl)c(Cl)c2)c(C)nn1C. The van der Waals surface area contributed by atoms with E-state index in [9.17, 15) is 9.59 Å². The fourth-order valence-corrected chi connectivity index (χ4v) is 2.26. The minimum Gasteiger partial charge on any atom is -0.464 e. The summed E-state index contributed by atoms with van der Waals surface area (Å²) in [6, 6.07) is 4.51. The van der Waals surface area contributed by atoms with Gasteiger partial charge in [0.2, 0.25) is 0 Å². The Bertz CT molecular complexity index is 756. The van der Waals surface area contributed by atoms with Crippen LogP contribution < -0.4 is 5.32 Å². The Balaban J connectivity index is 2.36. The highest BCUT2D eigenvalue weighted by atomic mass is 35.5. The Hall–Kier alpha value is -2.05. The second-order valence-corrected chi connectivity index (χ2v) is 5.32. The van der Waals surface area contributed by atoms with Crippen LogP contribution in [0.1, 0.15) is 26.5 Å². The highest BCUT2D eigenvalue weighted by molar-refractivity contribution is 6.42. The maximum absolute atomic E-state index is 12.3. The Morgan fingerprint density at radius 3 is 2.55 bits per heavy atom. The van der Waals surface area contributed by atoms with Crippen LogP contribution >= 0.6 is 23.2 Å². The molecule has 6 nitrogen and oxygen atoms in total. The van der Waals surface area contributed by atoms with Crippen LogP contribution in [0.4, 0.5) is 5.69 Å². The van der Waals surface area contributed by atoms with Crippen LogP contribution in [0.25, 0.3) is 0 Å². The van der Waals surface area contributed by atoms with Gasteiger partial charge in [0, 0.05) is 12.6 Å². The number of carbonyl (C=O) groups excluding carboxylic acids is 2. The molecule has 0 atom stereocenters. The summed E-state index contributed by atoms with van der Waals surface area (Å²) in [4.78, 5) is 24.1. The maximum Gasteiger partial charge on any atom is 0.358 e. The maximum atomic E-state index is 12.3. The van der Waals surface area contributed by atoms with Crippen LogP contribution in [0.2, 0.25) is 10.0 Å². The second-order valence-electron chi connectivity index (χ2n) is 4.51. The van der Waals surface area contributed by atoms with Gasteiger partial charge >= 0.3 is 5.97 Å². The average molecular weight is 342 g/mol. The zero-order chi connectivity index (χ0) is 16.4. The van der Waals surface area contributed by atoms with Gasteiger partial charge in [-0.1, -0.05) is 23.2 Å². The topological polar surface area (TPSA) is 73.2 Å². The molecule has 116 valence electrons. The first-order valence-electron chi connectivity index (χ1n) is 6.23. The molecule has 1 aromatic heterocycles. The van der Waals surface area contributed by atoms with E-state index in [0.717, 1.165) is 0 Å². The molecule has 8 heteroatoms. The number of ether oxygens (including phenoxy) is 1. The summed E-state index contributed by atoms with van der Waals surface area (Å²) in [7, 11) is 2.85. The van der Waals surface area contributed by atoms with Crippen LogP contribution in [0, 0.1) is 6.92 Å². The predicted octanol–water partition coefficient (Wildman–Crippen LogP) is 3.07. The van der Waals surface area contributed by atoms with Crippen LogP contribution in [0.15, 0.2) is 18.2 Å². The molecule has 22 heavy (non-hydrogen) atoms. The summed E-state index contributed by atoms with van der Waals surface area (Å²) < 4.78 is 6.06. The molecule has 0 fully saturated rings. The number of anilines is 1. The third-order valence-electron chi connectivity index (χ3n) is 3.02. The van der Waals surface area contributed by atoms with Crippen molar-refractivity contribution in [3.05, 3.63) is 45.2 Å². The number of hydrogen-bond acceptors (Lipinski definition) is 4. The van der Waals surface area contributed by atoms with Gasteiger partial charge in [-0.25, -0.2) is 4.79 Å². The van der Waals surface area contributed by atoms with Crippen molar-refractivity contribution in [2.24, 2.45) is 7.05 Å². The van der Waals surface area contributed by atoms with Crippen molar-refractivity contribution in [1.82, 2.24) is 9.78 Å². The van der Waals surface area contributed by atoms with E-state index >= 15 is 0 Å². The molecule has 0 bridgehead atoms. The first-order valence-corrected chi connectivity index (χ1v) is 6.99. The summed E-state index contributed by atoms with van der Waals surface area (Å²) in [6.07, 6.45) is 0. The van der Waals surface area contributed by atoms with Gasteiger partial charge in [-0.15, -0.1) is 0 Å². The normalized spacial score (nSPS) is 10.4. The number of methoxy groups -OCH3 is 1. The second kappa shape index (κ2) is 6.37. The van der Waals surface area contributed by atoms with Gasteiger partial charge in [-0.05, 0) is 25.1 Å². The van der Waals surface area contributed by atoms with E-state index in [0.29, 0.717) is 22.0 Å². The van der Waals surface area contributed by atoms with Crippen molar-refractivity contribution >= 4 is 40.8 Å². The Morgan fingerprint density at radius 1 is 1.27 bits per heavy atom. The highest BCUT2D eigenvalue weighted by Crippen LogP contribution is 2.25. The van der Waals surface area contributed by atoms with Gasteiger partial charge in [0.1, 0.15) is 0 Å². The smallest absolute Gasteiger partial charge is 0.358 e. The van der Waals surface area contributed by atoms with Gasteiger partial charge in [-0.3, -0.25) is 9.48 Å². The molecule has 2 rings (SSSR count). The summed E-state index contributed by atoms with van der Waals surface area (Å²) in [6.45, 7) is 1.68. The molecule has 1 aromatic carbocycles. The molecule has 0 saturated carbocycles. The molecular formula is C14H13Cl2N3O3. The summed E-state index contributed by atoms with van der Waals surface area (Å²) >= 11 is 11.7. The number of hydrogen-bond donors (Lipinski definition) is 1. The highest BCUT2D eigenvalue weighted by Gasteiger charge is 2.23. The van der Waals surface area contributed by atoms with Crippen molar-refractivity contribution in [2.45, 2.75) is 6.92 Å². The number of nitrogens with one attached hydrogen (secondary N) is 1. The van der Waals surface area contributed by atoms with Crippen molar-refractivity contribution < 1.29 is 14.3 Å². The van der Waals surface area contributed by atoms with E-state index < -0.39 is 11.9 Å². The number of amides is 1. The lowest BCUT2D eigenvalue weighted by Crippen LogP contribution is -2.16. The molecule has 1 N–H and O–H groups in total. The first kappa shape index (κ1) is 16.3. The number of esters is 1. The molecule has 0 spiro atoms. The van der Waals surface area contributed by atoms with Crippen molar-refractivity contribution in [1.29, 1.82) is 0 Å². The molecular weight excluding hydrogens is 329 g/mol. The van der Waals surface area contributed by atoms with Crippen LogP contribution in [0.5, 0.6) is 0 Å². The van der Waals surface area contributed by atoms with Gasteiger partial charge < -0.3 is 10.1 Å². The van der Waals surface area contributed by atoms with E-state index in [4.69, 9.17) is 27.9 Å². The molecule has 0 unspecified atom stereocenters. The lowest BCUT2D eigenvalue weighted by molar-refractivity contribution is 0.0589. The zero-order valence-electron chi connectivity index (χ0n) is 12.1. The number of rotatable bonds is 3. The number of carbonyl (C=O) groups is 2. The van der Waals surface area contributed by atoms with Crippen LogP contribution in [-0.4, -0.2) is 28.8 Å². The van der Waals surface area contributed by atoms with Crippen LogP contribution in [-0.2, 0) is 11.8 Å². The zero-order valence-corrected chi connectivity index (χ0v) is 13.6.